The van der Waals surface area contributed by atoms with Crippen LogP contribution in [-0.2, 0) is 11.8 Å². The van der Waals surface area contributed by atoms with Crippen LogP contribution in [-0.4, -0.2) is 67.5 Å². The average Bonchev–Trinajstić information content (AvgIpc) is 3.41. The van der Waals surface area contributed by atoms with E-state index in [0.717, 1.165) is 54.0 Å². The minimum Gasteiger partial charge on any atom is -0.449 e. The summed E-state index contributed by atoms with van der Waals surface area (Å²) in [5, 5.41) is 5.25. The van der Waals surface area contributed by atoms with Crippen molar-refractivity contribution in [1.29, 1.82) is 0 Å². The first-order chi connectivity index (χ1) is 14.5. The van der Waals surface area contributed by atoms with E-state index >= 15 is 0 Å². The van der Waals surface area contributed by atoms with Crippen LogP contribution >= 0.6 is 0 Å². The van der Waals surface area contributed by atoms with Gasteiger partial charge in [0, 0.05) is 31.9 Å². The molecular formula is C21H27N7O2. The number of aromatic amines is 1. The third kappa shape index (κ3) is 3.28. The fourth-order valence-electron chi connectivity index (χ4n) is 4.58. The van der Waals surface area contributed by atoms with Crippen LogP contribution in [0.1, 0.15) is 26.7 Å². The maximum Gasteiger partial charge on any atom is 0.410 e. The van der Waals surface area contributed by atoms with Crippen LogP contribution in [0.3, 0.4) is 0 Å². The highest BCUT2D eigenvalue weighted by molar-refractivity contribution is 5.92. The molecule has 3 aromatic rings. The van der Waals surface area contributed by atoms with Crippen LogP contribution in [0, 0.1) is 5.92 Å². The lowest BCUT2D eigenvalue weighted by Crippen LogP contribution is -2.56. The second-order valence-corrected chi connectivity index (χ2v) is 8.71. The molecule has 5 heterocycles. The van der Waals surface area contributed by atoms with Crippen molar-refractivity contribution >= 4 is 22.9 Å². The summed E-state index contributed by atoms with van der Waals surface area (Å²) >= 11 is 0. The Hall–Kier alpha value is -3.10. The molecule has 9 nitrogen and oxygen atoms in total. The third-order valence-electron chi connectivity index (χ3n) is 5.95. The van der Waals surface area contributed by atoms with Crippen LogP contribution in [0.25, 0.3) is 22.3 Å². The number of aryl methyl sites for hydroxylation is 1. The summed E-state index contributed by atoms with van der Waals surface area (Å²) in [6, 6.07) is 2.41. The molecule has 1 amide bonds. The summed E-state index contributed by atoms with van der Waals surface area (Å²) in [5.41, 5.74) is 2.79. The summed E-state index contributed by atoms with van der Waals surface area (Å²) in [5.74, 6) is 1.25. The van der Waals surface area contributed by atoms with Gasteiger partial charge in [-0.3, -0.25) is 9.58 Å². The van der Waals surface area contributed by atoms with Gasteiger partial charge in [-0.2, -0.15) is 5.10 Å². The lowest BCUT2D eigenvalue weighted by atomic mass is 10.2. The SMILES string of the molecule is CC(C)COC(=O)N1C2CCC1CN(c1ncnc3[nH]c(-c4cnn(C)c4)cc13)C2. The Morgan fingerprint density at radius 1 is 1.27 bits per heavy atom. The van der Waals surface area contributed by atoms with E-state index in [1.54, 1.807) is 11.0 Å². The molecule has 30 heavy (non-hydrogen) atoms. The van der Waals surface area contributed by atoms with E-state index in [2.05, 4.69) is 44.9 Å². The molecule has 0 saturated carbocycles. The number of anilines is 1. The quantitative estimate of drug-likeness (QED) is 0.712. The highest BCUT2D eigenvalue weighted by atomic mass is 16.6. The van der Waals surface area contributed by atoms with E-state index in [0.29, 0.717) is 12.5 Å². The lowest BCUT2D eigenvalue weighted by Gasteiger charge is -2.41. The van der Waals surface area contributed by atoms with Gasteiger partial charge >= 0.3 is 6.09 Å². The average molecular weight is 409 g/mol. The Kier molecular flexibility index (Phi) is 4.60. The van der Waals surface area contributed by atoms with Crippen molar-refractivity contribution in [2.45, 2.75) is 38.8 Å². The number of rotatable bonds is 4. The van der Waals surface area contributed by atoms with E-state index in [-0.39, 0.29) is 18.2 Å². The minimum absolute atomic E-state index is 0.158. The summed E-state index contributed by atoms with van der Waals surface area (Å²) in [7, 11) is 1.90. The van der Waals surface area contributed by atoms with Crippen LogP contribution in [0.2, 0.25) is 0 Å². The third-order valence-corrected chi connectivity index (χ3v) is 5.95. The fraction of sp³-hybridized carbons (Fsp3) is 0.524. The number of nitrogens with one attached hydrogen (secondary N) is 1. The molecule has 1 N–H and O–H groups in total. The van der Waals surface area contributed by atoms with E-state index < -0.39 is 0 Å². The summed E-state index contributed by atoms with van der Waals surface area (Å²) in [6.07, 6.45) is 7.23. The van der Waals surface area contributed by atoms with Gasteiger partial charge in [0.2, 0.25) is 0 Å². The van der Waals surface area contributed by atoms with Gasteiger partial charge in [-0.05, 0) is 24.8 Å². The Labute approximate surface area is 175 Å². The van der Waals surface area contributed by atoms with Crippen LogP contribution in [0.5, 0.6) is 0 Å². The fourth-order valence-corrected chi connectivity index (χ4v) is 4.58. The molecule has 0 spiro atoms. The Balaban J connectivity index is 1.39. The zero-order valence-corrected chi connectivity index (χ0v) is 17.6. The molecule has 2 aliphatic rings. The Morgan fingerprint density at radius 3 is 2.70 bits per heavy atom. The maximum atomic E-state index is 12.6. The number of amides is 1. The standard InChI is InChI=1S/C21H27N7O2/c1-13(2)11-30-21(29)28-15-4-5-16(28)10-27(9-15)20-17-6-18(14-7-24-26(3)8-14)25-19(17)22-12-23-20/h6-8,12-13,15-16H,4-5,9-11H2,1-3H3,(H,22,23,25). The van der Waals surface area contributed by atoms with Crippen LogP contribution < -0.4 is 4.90 Å². The zero-order chi connectivity index (χ0) is 20.8. The number of H-pyrrole nitrogens is 1. The topological polar surface area (TPSA) is 92.2 Å². The van der Waals surface area contributed by atoms with Crippen molar-refractivity contribution in [2.75, 3.05) is 24.6 Å². The molecule has 0 aromatic carbocycles. The number of nitrogens with zero attached hydrogens (tertiary/aromatic N) is 6. The van der Waals surface area contributed by atoms with Gasteiger partial charge in [0.25, 0.3) is 0 Å². The van der Waals surface area contributed by atoms with Crippen molar-refractivity contribution in [3.05, 3.63) is 24.8 Å². The molecule has 5 rings (SSSR count). The number of ether oxygens (including phenoxy) is 1. The molecule has 0 aliphatic carbocycles. The van der Waals surface area contributed by atoms with E-state index in [4.69, 9.17) is 4.74 Å². The highest BCUT2D eigenvalue weighted by Crippen LogP contribution is 2.35. The Morgan fingerprint density at radius 2 is 2.03 bits per heavy atom. The molecule has 0 radical (unpaired) electrons. The summed E-state index contributed by atoms with van der Waals surface area (Å²) in [6.45, 7) is 6.08. The molecule has 2 unspecified atom stereocenters. The number of hydrogen-bond acceptors (Lipinski definition) is 6. The second kappa shape index (κ2) is 7.30. The van der Waals surface area contributed by atoms with Crippen LogP contribution in [0.4, 0.5) is 10.6 Å². The molecular weight excluding hydrogens is 382 g/mol. The lowest BCUT2D eigenvalue weighted by molar-refractivity contribution is 0.0704. The van der Waals surface area contributed by atoms with Gasteiger partial charge in [-0.15, -0.1) is 0 Å². The number of hydrogen-bond donors (Lipinski definition) is 1. The number of aromatic nitrogens is 5. The smallest absolute Gasteiger partial charge is 0.410 e. The molecule has 2 atom stereocenters. The number of carbonyl (C=O) groups is 1. The van der Waals surface area contributed by atoms with E-state index in [1.165, 1.54) is 0 Å². The predicted octanol–water partition coefficient (Wildman–Crippen LogP) is 2.80. The number of fused-ring (bicyclic) bond motifs is 3. The monoisotopic (exact) mass is 409 g/mol. The highest BCUT2D eigenvalue weighted by Gasteiger charge is 2.44. The number of piperazine rings is 1. The molecule has 2 aliphatic heterocycles. The first-order valence-corrected chi connectivity index (χ1v) is 10.5. The molecule has 2 bridgehead atoms. The first kappa shape index (κ1) is 18.9. The summed E-state index contributed by atoms with van der Waals surface area (Å²) in [4.78, 5) is 29.3. The van der Waals surface area contributed by atoms with Crippen molar-refractivity contribution in [3.8, 4) is 11.3 Å². The van der Waals surface area contributed by atoms with Gasteiger partial charge in [0.1, 0.15) is 17.8 Å². The zero-order valence-electron chi connectivity index (χ0n) is 17.6. The predicted molar refractivity (Wildman–Crippen MR) is 113 cm³/mol. The van der Waals surface area contributed by atoms with Gasteiger partial charge in [-0.25, -0.2) is 14.8 Å². The van der Waals surface area contributed by atoms with E-state index in [9.17, 15) is 4.79 Å². The molecule has 3 aromatic heterocycles. The number of carbonyl (C=O) groups excluding carboxylic acids is 1. The van der Waals surface area contributed by atoms with Crippen molar-refractivity contribution in [2.24, 2.45) is 13.0 Å². The van der Waals surface area contributed by atoms with Gasteiger partial charge in [-0.1, -0.05) is 13.8 Å². The minimum atomic E-state index is -0.177. The van der Waals surface area contributed by atoms with Crippen LogP contribution in [0.15, 0.2) is 24.8 Å². The molecule has 2 fully saturated rings. The van der Waals surface area contributed by atoms with Gasteiger partial charge in [0.05, 0.1) is 36.0 Å². The normalized spacial score (nSPS) is 21.1. The van der Waals surface area contributed by atoms with Gasteiger partial charge in [0.15, 0.2) is 0 Å². The first-order valence-electron chi connectivity index (χ1n) is 10.5. The van der Waals surface area contributed by atoms with Crippen molar-refractivity contribution in [1.82, 2.24) is 29.6 Å². The van der Waals surface area contributed by atoms with Crippen molar-refractivity contribution < 1.29 is 9.53 Å². The molecule has 9 heteroatoms. The van der Waals surface area contributed by atoms with Crippen molar-refractivity contribution in [3.63, 3.8) is 0 Å². The van der Waals surface area contributed by atoms with Gasteiger partial charge < -0.3 is 14.6 Å². The molecule has 2 saturated heterocycles. The van der Waals surface area contributed by atoms with E-state index in [1.807, 2.05) is 24.3 Å². The molecule has 158 valence electrons. The largest absolute Gasteiger partial charge is 0.449 e. The maximum absolute atomic E-state index is 12.6. The Bertz CT molecular complexity index is 1060. The second-order valence-electron chi connectivity index (χ2n) is 8.71. The summed E-state index contributed by atoms with van der Waals surface area (Å²) < 4.78 is 7.30.